The van der Waals surface area contributed by atoms with Crippen molar-refractivity contribution < 1.29 is 4.74 Å². The molecule has 1 saturated heterocycles. The fraction of sp³-hybridized carbons (Fsp3) is 1.00. The summed E-state index contributed by atoms with van der Waals surface area (Å²) in [5, 5.41) is 3.65. The van der Waals surface area contributed by atoms with Crippen LogP contribution >= 0.6 is 0 Å². The van der Waals surface area contributed by atoms with Gasteiger partial charge in [0.2, 0.25) is 0 Å². The first-order valence-corrected chi connectivity index (χ1v) is 8.60. The van der Waals surface area contributed by atoms with Crippen LogP contribution in [0.15, 0.2) is 0 Å². The van der Waals surface area contributed by atoms with Crippen LogP contribution in [0.4, 0.5) is 0 Å². The lowest BCUT2D eigenvalue weighted by Gasteiger charge is -2.49. The molecular formula is C18H38N2O. The van der Waals surface area contributed by atoms with Gasteiger partial charge in [0.25, 0.3) is 0 Å². The molecule has 1 N–H and O–H groups in total. The molecule has 1 heterocycles. The van der Waals surface area contributed by atoms with Crippen molar-refractivity contribution >= 4 is 0 Å². The molecule has 0 radical (unpaired) electrons. The maximum Gasteiger partial charge on any atom is 0.0760 e. The summed E-state index contributed by atoms with van der Waals surface area (Å²) >= 11 is 0. The van der Waals surface area contributed by atoms with Gasteiger partial charge in [-0.25, -0.2) is 0 Å². The quantitative estimate of drug-likeness (QED) is 0.778. The monoisotopic (exact) mass is 298 g/mol. The Morgan fingerprint density at radius 3 is 2.10 bits per heavy atom. The Labute approximate surface area is 132 Å². The Morgan fingerprint density at radius 1 is 1.14 bits per heavy atom. The number of ether oxygens (including phenoxy) is 1. The van der Waals surface area contributed by atoms with Gasteiger partial charge in [-0.1, -0.05) is 27.7 Å². The van der Waals surface area contributed by atoms with Crippen LogP contribution in [0.25, 0.3) is 0 Å². The third kappa shape index (κ3) is 6.66. The molecule has 1 atom stereocenters. The Kier molecular flexibility index (Phi) is 6.28. The van der Waals surface area contributed by atoms with Gasteiger partial charge in [-0.15, -0.1) is 0 Å². The summed E-state index contributed by atoms with van der Waals surface area (Å²) in [5.74, 6) is 0.715. The molecule has 1 aliphatic heterocycles. The average Bonchev–Trinajstić information content (AvgIpc) is 2.23. The molecule has 0 aromatic rings. The zero-order chi connectivity index (χ0) is 16.3. The Morgan fingerprint density at radius 2 is 1.67 bits per heavy atom. The van der Waals surface area contributed by atoms with Gasteiger partial charge in [-0.3, -0.25) is 4.90 Å². The SMILES string of the molecule is CCC(C)(CNCC(C)C)CN1CC(C)(C)OC(C)(C)C1. The zero-order valence-electron chi connectivity index (χ0n) is 15.7. The van der Waals surface area contributed by atoms with Crippen molar-refractivity contribution in [2.45, 2.75) is 73.0 Å². The third-order valence-electron chi connectivity index (χ3n) is 4.32. The summed E-state index contributed by atoms with van der Waals surface area (Å²) in [6.45, 7) is 23.5. The smallest absolute Gasteiger partial charge is 0.0760 e. The van der Waals surface area contributed by atoms with Crippen molar-refractivity contribution in [2.24, 2.45) is 11.3 Å². The molecule has 126 valence electrons. The van der Waals surface area contributed by atoms with Gasteiger partial charge in [0.1, 0.15) is 0 Å². The largest absolute Gasteiger partial charge is 0.367 e. The number of rotatable bonds is 7. The minimum absolute atomic E-state index is 0.0538. The van der Waals surface area contributed by atoms with E-state index in [9.17, 15) is 0 Å². The highest BCUT2D eigenvalue weighted by atomic mass is 16.5. The molecule has 3 nitrogen and oxygen atoms in total. The second-order valence-corrected chi connectivity index (χ2v) is 8.96. The molecule has 1 fully saturated rings. The van der Waals surface area contributed by atoms with Crippen LogP contribution in [0, 0.1) is 11.3 Å². The Hall–Kier alpha value is -0.120. The maximum absolute atomic E-state index is 6.19. The molecule has 1 unspecified atom stereocenters. The summed E-state index contributed by atoms with van der Waals surface area (Å²) in [7, 11) is 0. The van der Waals surface area contributed by atoms with Gasteiger partial charge in [-0.2, -0.15) is 0 Å². The molecule has 0 aliphatic carbocycles. The van der Waals surface area contributed by atoms with Crippen molar-refractivity contribution in [3.8, 4) is 0 Å². The lowest BCUT2D eigenvalue weighted by molar-refractivity contribution is -0.184. The lowest BCUT2D eigenvalue weighted by atomic mass is 9.85. The van der Waals surface area contributed by atoms with E-state index in [2.05, 4.69) is 65.6 Å². The van der Waals surface area contributed by atoms with E-state index in [4.69, 9.17) is 4.74 Å². The first kappa shape index (κ1) is 18.9. The van der Waals surface area contributed by atoms with Crippen molar-refractivity contribution in [1.29, 1.82) is 0 Å². The van der Waals surface area contributed by atoms with Crippen LogP contribution in [0.2, 0.25) is 0 Å². The number of hydrogen-bond acceptors (Lipinski definition) is 3. The normalized spacial score (nSPS) is 25.0. The van der Waals surface area contributed by atoms with E-state index in [0.29, 0.717) is 11.3 Å². The first-order chi connectivity index (χ1) is 9.47. The summed E-state index contributed by atoms with van der Waals surface area (Å²) < 4.78 is 6.19. The second-order valence-electron chi connectivity index (χ2n) is 8.96. The highest BCUT2D eigenvalue weighted by Gasteiger charge is 2.40. The number of hydrogen-bond donors (Lipinski definition) is 1. The number of morpholine rings is 1. The van der Waals surface area contributed by atoms with Crippen LogP contribution in [-0.4, -0.2) is 48.8 Å². The fourth-order valence-electron chi connectivity index (χ4n) is 3.55. The molecule has 0 saturated carbocycles. The second kappa shape index (κ2) is 6.97. The van der Waals surface area contributed by atoms with Gasteiger partial charge in [0.15, 0.2) is 0 Å². The van der Waals surface area contributed by atoms with Gasteiger partial charge >= 0.3 is 0 Å². The average molecular weight is 299 g/mol. The van der Waals surface area contributed by atoms with Crippen molar-refractivity contribution in [3.63, 3.8) is 0 Å². The molecule has 0 amide bonds. The minimum Gasteiger partial charge on any atom is -0.367 e. The molecule has 0 aromatic heterocycles. The van der Waals surface area contributed by atoms with E-state index >= 15 is 0 Å². The van der Waals surface area contributed by atoms with E-state index in [0.717, 1.165) is 32.7 Å². The summed E-state index contributed by atoms with van der Waals surface area (Å²) in [6.07, 6.45) is 1.20. The van der Waals surface area contributed by atoms with Crippen LogP contribution in [-0.2, 0) is 4.74 Å². The highest BCUT2D eigenvalue weighted by molar-refractivity contribution is 4.92. The zero-order valence-corrected chi connectivity index (χ0v) is 15.7. The molecule has 1 rings (SSSR count). The molecule has 3 heteroatoms. The van der Waals surface area contributed by atoms with E-state index < -0.39 is 0 Å². The number of nitrogens with one attached hydrogen (secondary N) is 1. The van der Waals surface area contributed by atoms with Gasteiger partial charge in [0, 0.05) is 26.2 Å². The summed E-state index contributed by atoms with van der Waals surface area (Å²) in [5.41, 5.74) is 0.224. The molecule has 0 aromatic carbocycles. The predicted molar refractivity (Wildman–Crippen MR) is 91.8 cm³/mol. The van der Waals surface area contributed by atoms with E-state index in [1.165, 1.54) is 6.42 Å². The fourth-order valence-corrected chi connectivity index (χ4v) is 3.55. The van der Waals surface area contributed by atoms with Crippen molar-refractivity contribution in [1.82, 2.24) is 10.2 Å². The van der Waals surface area contributed by atoms with Crippen LogP contribution in [0.3, 0.4) is 0 Å². The maximum atomic E-state index is 6.19. The van der Waals surface area contributed by atoms with Crippen LogP contribution in [0.5, 0.6) is 0 Å². The van der Waals surface area contributed by atoms with E-state index in [1.54, 1.807) is 0 Å². The third-order valence-corrected chi connectivity index (χ3v) is 4.32. The van der Waals surface area contributed by atoms with E-state index in [-0.39, 0.29) is 11.2 Å². The van der Waals surface area contributed by atoms with Gasteiger partial charge in [-0.05, 0) is 52.0 Å². The van der Waals surface area contributed by atoms with Crippen molar-refractivity contribution in [2.75, 3.05) is 32.7 Å². The summed E-state index contributed by atoms with van der Waals surface area (Å²) in [6, 6.07) is 0. The van der Waals surface area contributed by atoms with Crippen LogP contribution in [0.1, 0.15) is 61.8 Å². The number of nitrogens with zero attached hydrogens (tertiary/aromatic N) is 1. The molecule has 0 bridgehead atoms. The van der Waals surface area contributed by atoms with E-state index in [1.807, 2.05) is 0 Å². The Balaban J connectivity index is 2.62. The van der Waals surface area contributed by atoms with Gasteiger partial charge in [0.05, 0.1) is 11.2 Å². The van der Waals surface area contributed by atoms with Crippen LogP contribution < -0.4 is 5.32 Å². The first-order valence-electron chi connectivity index (χ1n) is 8.60. The molecule has 0 spiro atoms. The standard InChI is InChI=1S/C18H38N2O/c1-9-18(8,11-19-10-15(2)3)14-20-12-16(4,5)21-17(6,7)13-20/h15,19H,9-14H2,1-8H3. The Bertz CT molecular complexity index is 309. The minimum atomic E-state index is -0.0538. The lowest BCUT2D eigenvalue weighted by Crippen LogP contribution is -2.59. The topological polar surface area (TPSA) is 24.5 Å². The van der Waals surface area contributed by atoms with Crippen molar-refractivity contribution in [3.05, 3.63) is 0 Å². The molecule has 1 aliphatic rings. The molecule has 21 heavy (non-hydrogen) atoms. The summed E-state index contributed by atoms with van der Waals surface area (Å²) in [4.78, 5) is 2.60. The predicted octanol–water partition coefficient (Wildman–Crippen LogP) is 3.54. The molecular weight excluding hydrogens is 260 g/mol. The highest BCUT2D eigenvalue weighted by Crippen LogP contribution is 2.31. The van der Waals surface area contributed by atoms with Gasteiger partial charge < -0.3 is 10.1 Å².